The van der Waals surface area contributed by atoms with Gasteiger partial charge in [0.15, 0.2) is 11.5 Å². The number of aliphatic hydroxyl groups excluding tert-OH is 2. The largest absolute Gasteiger partial charge is 0.493 e. The molecule has 0 unspecified atom stereocenters. The summed E-state index contributed by atoms with van der Waals surface area (Å²) in [6, 6.07) is 2.41. The lowest BCUT2D eigenvalue weighted by atomic mass is 9.86. The molecule has 10 heteroatoms. The summed E-state index contributed by atoms with van der Waals surface area (Å²) in [5, 5.41) is 23.6. The minimum Gasteiger partial charge on any atom is -0.493 e. The van der Waals surface area contributed by atoms with Crippen molar-refractivity contribution in [1.29, 1.82) is 0 Å². The molecule has 2 amide bonds. The molecule has 2 aliphatic rings. The number of ether oxygens (including phenoxy) is 2. The molecule has 0 aromatic heterocycles. The number of methoxy groups -OCH3 is 1. The van der Waals surface area contributed by atoms with E-state index in [2.05, 4.69) is 5.32 Å². The number of allylic oxidation sites excluding steroid dienone is 1. The Balaban J connectivity index is 2.06. The third kappa shape index (κ3) is 8.04. The molecule has 2 aliphatic carbocycles. The van der Waals surface area contributed by atoms with E-state index in [1.165, 1.54) is 7.11 Å². The van der Waals surface area contributed by atoms with Gasteiger partial charge in [0.05, 0.1) is 23.3 Å². The standard InChI is InChI=1S/C29H39IN2O7/c1-18(2)12-26(35)32(21-8-6-4-5-7-9-21)23-15-20(29(37)31-10-11-33)16-24(27(23)36)39-28-22(30)13-19(17-34)14-25(28)38-3/h12-14,16-17,21,23-24,27,33,36H,4-11,15H2,1-3H3,(H,31,37)/t23-,24+,27+/m1/s1. The Hall–Kier alpha value is -2.44. The number of aliphatic hydroxyl groups is 2. The van der Waals surface area contributed by atoms with Crippen LogP contribution in [-0.4, -0.2) is 77.8 Å². The molecule has 0 radical (unpaired) electrons. The number of benzene rings is 1. The quantitative estimate of drug-likeness (QED) is 0.153. The van der Waals surface area contributed by atoms with E-state index in [1.807, 2.05) is 36.4 Å². The molecule has 214 valence electrons. The molecule has 3 N–H and O–H groups in total. The van der Waals surface area contributed by atoms with Gasteiger partial charge in [-0.3, -0.25) is 14.4 Å². The number of amides is 2. The fourth-order valence-electron chi connectivity index (χ4n) is 5.28. The van der Waals surface area contributed by atoms with Crippen LogP contribution in [-0.2, 0) is 9.59 Å². The van der Waals surface area contributed by atoms with Gasteiger partial charge in [-0.1, -0.05) is 31.3 Å². The minimum absolute atomic E-state index is 0.0719. The predicted octanol–water partition coefficient (Wildman–Crippen LogP) is 3.55. The molecule has 1 aromatic rings. The lowest BCUT2D eigenvalue weighted by molar-refractivity contribution is -0.137. The topological polar surface area (TPSA) is 125 Å². The Morgan fingerprint density at radius 1 is 1.18 bits per heavy atom. The highest BCUT2D eigenvalue weighted by Crippen LogP contribution is 2.38. The van der Waals surface area contributed by atoms with E-state index < -0.39 is 18.2 Å². The van der Waals surface area contributed by atoms with Crippen molar-refractivity contribution in [1.82, 2.24) is 10.2 Å². The van der Waals surface area contributed by atoms with E-state index in [0.29, 0.717) is 32.5 Å². The Kier molecular flexibility index (Phi) is 11.8. The van der Waals surface area contributed by atoms with Gasteiger partial charge in [0.25, 0.3) is 0 Å². The first-order valence-electron chi connectivity index (χ1n) is 13.4. The maximum Gasteiger partial charge on any atom is 0.247 e. The first-order chi connectivity index (χ1) is 18.7. The van der Waals surface area contributed by atoms with Crippen molar-refractivity contribution in [2.24, 2.45) is 0 Å². The van der Waals surface area contributed by atoms with Crippen molar-refractivity contribution in [2.75, 3.05) is 20.3 Å². The molecule has 1 aromatic carbocycles. The van der Waals surface area contributed by atoms with Crippen molar-refractivity contribution >= 4 is 40.7 Å². The van der Waals surface area contributed by atoms with E-state index in [-0.39, 0.29) is 37.4 Å². The monoisotopic (exact) mass is 654 g/mol. The number of nitrogens with one attached hydrogen (secondary N) is 1. The molecular formula is C29H39IN2O7. The molecule has 0 bridgehead atoms. The highest BCUT2D eigenvalue weighted by Gasteiger charge is 2.43. The van der Waals surface area contributed by atoms with E-state index in [0.717, 1.165) is 44.1 Å². The van der Waals surface area contributed by atoms with Crippen LogP contribution in [0.4, 0.5) is 0 Å². The molecule has 0 aliphatic heterocycles. The van der Waals surface area contributed by atoms with Crippen molar-refractivity contribution in [2.45, 2.75) is 83.1 Å². The second kappa shape index (κ2) is 14.8. The average Bonchev–Trinajstić information content (AvgIpc) is 3.19. The van der Waals surface area contributed by atoms with Gasteiger partial charge >= 0.3 is 0 Å². The molecular weight excluding hydrogens is 615 g/mol. The maximum absolute atomic E-state index is 13.6. The summed E-state index contributed by atoms with van der Waals surface area (Å²) in [5.41, 5.74) is 1.63. The van der Waals surface area contributed by atoms with Crippen molar-refractivity contribution in [3.05, 3.63) is 44.6 Å². The fraction of sp³-hybridized carbons (Fsp3) is 0.552. The number of halogens is 1. The first-order valence-corrected chi connectivity index (χ1v) is 14.5. The summed E-state index contributed by atoms with van der Waals surface area (Å²) in [6.07, 6.45) is 7.74. The highest BCUT2D eigenvalue weighted by molar-refractivity contribution is 14.1. The van der Waals surface area contributed by atoms with Crippen LogP contribution < -0.4 is 14.8 Å². The van der Waals surface area contributed by atoms with E-state index in [9.17, 15) is 24.6 Å². The Bertz CT molecular complexity index is 1090. The van der Waals surface area contributed by atoms with Gasteiger partial charge < -0.3 is 29.9 Å². The molecule has 3 rings (SSSR count). The lowest BCUT2D eigenvalue weighted by Crippen LogP contribution is -2.57. The smallest absolute Gasteiger partial charge is 0.247 e. The highest BCUT2D eigenvalue weighted by atomic mass is 127. The summed E-state index contributed by atoms with van der Waals surface area (Å²) in [4.78, 5) is 39.8. The van der Waals surface area contributed by atoms with Crippen LogP contribution in [0.15, 0.2) is 35.4 Å². The number of hydrogen-bond donors (Lipinski definition) is 3. The number of carbonyl (C=O) groups excluding carboxylic acids is 3. The van der Waals surface area contributed by atoms with Crippen LogP contribution in [0.1, 0.15) is 69.2 Å². The Morgan fingerprint density at radius 3 is 2.46 bits per heavy atom. The number of rotatable bonds is 10. The second-order valence-corrected chi connectivity index (χ2v) is 11.4. The van der Waals surface area contributed by atoms with Gasteiger partial charge in [0.2, 0.25) is 11.8 Å². The van der Waals surface area contributed by atoms with Crippen LogP contribution >= 0.6 is 22.6 Å². The predicted molar refractivity (Wildman–Crippen MR) is 156 cm³/mol. The van der Waals surface area contributed by atoms with Crippen LogP contribution in [0, 0.1) is 3.57 Å². The first kappa shape index (κ1) is 31.1. The third-order valence-electron chi connectivity index (χ3n) is 7.10. The fourth-order valence-corrected chi connectivity index (χ4v) is 6.03. The van der Waals surface area contributed by atoms with Crippen LogP contribution in [0.25, 0.3) is 0 Å². The van der Waals surface area contributed by atoms with Gasteiger partial charge in [0, 0.05) is 36.2 Å². The molecule has 9 nitrogen and oxygen atoms in total. The zero-order valence-electron chi connectivity index (χ0n) is 22.8. The lowest BCUT2D eigenvalue weighted by Gasteiger charge is -2.44. The summed E-state index contributed by atoms with van der Waals surface area (Å²) in [7, 11) is 1.46. The number of hydrogen-bond acceptors (Lipinski definition) is 7. The van der Waals surface area contributed by atoms with Crippen molar-refractivity contribution in [3.63, 3.8) is 0 Å². The molecule has 0 saturated heterocycles. The zero-order valence-corrected chi connectivity index (χ0v) is 25.0. The summed E-state index contributed by atoms with van der Waals surface area (Å²) in [6.45, 7) is 3.59. The number of aldehydes is 1. The van der Waals surface area contributed by atoms with Crippen LogP contribution in [0.2, 0.25) is 0 Å². The second-order valence-electron chi connectivity index (χ2n) is 10.3. The van der Waals surface area contributed by atoms with E-state index in [4.69, 9.17) is 9.47 Å². The van der Waals surface area contributed by atoms with E-state index in [1.54, 1.807) is 29.2 Å². The molecule has 1 fully saturated rings. The van der Waals surface area contributed by atoms with Gasteiger partial charge in [-0.25, -0.2) is 0 Å². The van der Waals surface area contributed by atoms with Gasteiger partial charge in [-0.15, -0.1) is 0 Å². The normalized spacial score (nSPS) is 21.7. The molecule has 39 heavy (non-hydrogen) atoms. The van der Waals surface area contributed by atoms with Gasteiger partial charge in [-0.05, 0) is 67.5 Å². The summed E-state index contributed by atoms with van der Waals surface area (Å²) in [5.74, 6) is 0.0721. The molecule has 0 heterocycles. The third-order valence-corrected chi connectivity index (χ3v) is 7.90. The minimum atomic E-state index is -1.14. The van der Waals surface area contributed by atoms with Crippen LogP contribution in [0.3, 0.4) is 0 Å². The summed E-state index contributed by atoms with van der Waals surface area (Å²) >= 11 is 2.03. The zero-order chi connectivity index (χ0) is 28.5. The van der Waals surface area contributed by atoms with E-state index >= 15 is 0 Å². The molecule has 1 saturated carbocycles. The Labute approximate surface area is 243 Å². The average molecular weight is 655 g/mol. The number of carbonyl (C=O) groups is 3. The van der Waals surface area contributed by atoms with Gasteiger partial charge in [-0.2, -0.15) is 0 Å². The molecule has 3 atom stereocenters. The van der Waals surface area contributed by atoms with Crippen molar-refractivity contribution < 1.29 is 34.1 Å². The maximum atomic E-state index is 13.6. The Morgan fingerprint density at radius 2 is 1.87 bits per heavy atom. The summed E-state index contributed by atoms with van der Waals surface area (Å²) < 4.78 is 12.4. The molecule has 0 spiro atoms. The SMILES string of the molecule is COc1cc(C=O)cc(I)c1O[C@H]1C=C(C(=O)NCCO)C[C@@H](N(C(=O)C=C(C)C)C2CCCCCC2)[C@@H]1O. The van der Waals surface area contributed by atoms with Crippen LogP contribution in [0.5, 0.6) is 11.5 Å². The number of nitrogens with zero attached hydrogens (tertiary/aromatic N) is 1. The van der Waals surface area contributed by atoms with Crippen molar-refractivity contribution in [3.8, 4) is 11.5 Å². The van der Waals surface area contributed by atoms with Gasteiger partial charge in [0.1, 0.15) is 18.5 Å².